The number of hydrogen-bond donors (Lipinski definition) is 2. The minimum Gasteiger partial charge on any atom is -0.491 e. The average molecular weight is 445 g/mol. The largest absolute Gasteiger partial charge is 0.491 e. The van der Waals surface area contributed by atoms with E-state index in [0.717, 1.165) is 11.1 Å². The Morgan fingerprint density at radius 3 is 1.87 bits per heavy atom. The molecule has 0 spiro atoms. The van der Waals surface area contributed by atoms with Crippen molar-refractivity contribution in [1.82, 2.24) is 9.55 Å². The monoisotopic (exact) mass is 444 g/mol. The lowest BCUT2D eigenvalue weighted by molar-refractivity contribution is 0.0924. The van der Waals surface area contributed by atoms with Crippen molar-refractivity contribution < 1.29 is 19.7 Å². The molecule has 0 aliphatic heterocycles. The second kappa shape index (κ2) is 10.7. The molecule has 7 heteroatoms. The number of rotatable bonds is 11. The lowest BCUT2D eigenvalue weighted by atomic mass is 9.78. The molecule has 3 aromatic rings. The molecule has 2 N–H and O–H groups in total. The molecule has 2 aromatic carbocycles. The molecule has 0 saturated heterocycles. The first-order chi connectivity index (χ1) is 14.9. The fourth-order valence-electron chi connectivity index (χ4n) is 3.22. The Morgan fingerprint density at radius 1 is 0.903 bits per heavy atom. The molecule has 3 rings (SSSR count). The third-order valence-electron chi connectivity index (χ3n) is 5.20. The van der Waals surface area contributed by atoms with E-state index in [0.29, 0.717) is 18.0 Å². The summed E-state index contributed by atoms with van der Waals surface area (Å²) < 4.78 is 13.1. The molecule has 0 radical (unpaired) electrons. The van der Waals surface area contributed by atoms with E-state index < -0.39 is 12.2 Å². The number of benzene rings is 2. The first-order valence-corrected chi connectivity index (χ1v) is 10.8. The van der Waals surface area contributed by atoms with Gasteiger partial charge in [0.1, 0.15) is 36.9 Å². The van der Waals surface area contributed by atoms with Crippen LogP contribution in [0.1, 0.15) is 25.0 Å². The van der Waals surface area contributed by atoms with Crippen LogP contribution in [0.25, 0.3) is 0 Å². The van der Waals surface area contributed by atoms with Gasteiger partial charge in [-0.25, -0.2) is 4.98 Å². The van der Waals surface area contributed by atoms with Gasteiger partial charge >= 0.3 is 0 Å². The number of nitrogens with zero attached hydrogens (tertiary/aromatic N) is 2. The van der Waals surface area contributed by atoms with E-state index in [1.165, 1.54) is 0 Å². The van der Waals surface area contributed by atoms with E-state index in [1.54, 1.807) is 12.5 Å². The Balaban J connectivity index is 1.57. The standard InChI is InChI=1S/C24H29ClN2O4/c1-24(2,18-3-7-22(8-4-18)30-15-20(28)13-25)19-5-9-23(10-6-19)31-16-21(29)14-27-12-11-26-17-27/h3-12,17,20-21,28-29H,13-16H2,1-2H3. The molecule has 0 bridgehead atoms. The normalized spacial score (nSPS) is 13.6. The average Bonchev–Trinajstić information content (AvgIpc) is 3.29. The first-order valence-electron chi connectivity index (χ1n) is 10.2. The molecule has 31 heavy (non-hydrogen) atoms. The van der Waals surface area contributed by atoms with Gasteiger partial charge in [0.25, 0.3) is 0 Å². The smallest absolute Gasteiger partial charge is 0.119 e. The highest BCUT2D eigenvalue weighted by molar-refractivity contribution is 6.18. The van der Waals surface area contributed by atoms with Crippen molar-refractivity contribution >= 4 is 11.6 Å². The number of halogens is 1. The summed E-state index contributed by atoms with van der Waals surface area (Å²) >= 11 is 5.59. The van der Waals surface area contributed by atoms with Gasteiger partial charge in [0.05, 0.1) is 18.8 Å². The SMILES string of the molecule is CC(C)(c1ccc(OCC(O)CCl)cc1)c1ccc(OCC(O)Cn2ccnc2)cc1. The molecule has 0 saturated carbocycles. The van der Waals surface area contributed by atoms with Crippen molar-refractivity contribution in [3.05, 3.63) is 78.4 Å². The Hall–Kier alpha value is -2.54. The Morgan fingerprint density at radius 2 is 1.42 bits per heavy atom. The van der Waals surface area contributed by atoms with Gasteiger partial charge in [-0.05, 0) is 35.4 Å². The minimum absolute atomic E-state index is 0.147. The van der Waals surface area contributed by atoms with Crippen molar-refractivity contribution in [2.45, 2.75) is 38.0 Å². The van der Waals surface area contributed by atoms with Crippen LogP contribution in [0, 0.1) is 0 Å². The highest BCUT2D eigenvalue weighted by Gasteiger charge is 2.23. The van der Waals surface area contributed by atoms with Crippen molar-refractivity contribution in [1.29, 1.82) is 0 Å². The Kier molecular flexibility index (Phi) is 7.96. The van der Waals surface area contributed by atoms with E-state index in [1.807, 2.05) is 59.3 Å². The summed E-state index contributed by atoms with van der Waals surface area (Å²) in [5.41, 5.74) is 2.07. The summed E-state index contributed by atoms with van der Waals surface area (Å²) in [6, 6.07) is 15.8. The van der Waals surface area contributed by atoms with Crippen LogP contribution in [0.4, 0.5) is 0 Å². The van der Waals surface area contributed by atoms with Crippen LogP contribution in [-0.2, 0) is 12.0 Å². The maximum absolute atomic E-state index is 10.1. The van der Waals surface area contributed by atoms with Crippen molar-refractivity contribution in [3.63, 3.8) is 0 Å². The molecular weight excluding hydrogens is 416 g/mol. The number of hydrogen-bond acceptors (Lipinski definition) is 5. The zero-order valence-electron chi connectivity index (χ0n) is 17.8. The quantitative estimate of drug-likeness (QED) is 0.442. The van der Waals surface area contributed by atoms with Gasteiger partial charge in [0.2, 0.25) is 0 Å². The Labute approximate surface area is 188 Å². The molecular formula is C24H29ClN2O4. The van der Waals surface area contributed by atoms with Gasteiger partial charge in [-0.3, -0.25) is 0 Å². The fraction of sp³-hybridized carbons (Fsp3) is 0.375. The topological polar surface area (TPSA) is 76.7 Å². The molecule has 2 atom stereocenters. The molecule has 0 fully saturated rings. The first kappa shape index (κ1) is 23.1. The number of imidazole rings is 1. The van der Waals surface area contributed by atoms with Gasteiger partial charge in [-0.15, -0.1) is 11.6 Å². The van der Waals surface area contributed by atoms with Crippen molar-refractivity contribution in [2.75, 3.05) is 19.1 Å². The molecule has 6 nitrogen and oxygen atoms in total. The minimum atomic E-state index is -0.675. The summed E-state index contributed by atoms with van der Waals surface area (Å²) in [6.07, 6.45) is 3.87. The van der Waals surface area contributed by atoms with Crippen LogP contribution >= 0.6 is 11.6 Å². The van der Waals surface area contributed by atoms with Gasteiger partial charge in [0, 0.05) is 17.8 Å². The van der Waals surface area contributed by atoms with Gasteiger partial charge < -0.3 is 24.3 Å². The van der Waals surface area contributed by atoms with Gasteiger partial charge in [0.15, 0.2) is 0 Å². The number of ether oxygens (including phenoxy) is 2. The van der Waals surface area contributed by atoms with E-state index in [4.69, 9.17) is 21.1 Å². The molecule has 166 valence electrons. The van der Waals surface area contributed by atoms with Crippen molar-refractivity contribution in [3.8, 4) is 11.5 Å². The van der Waals surface area contributed by atoms with Crippen LogP contribution < -0.4 is 9.47 Å². The van der Waals surface area contributed by atoms with E-state index >= 15 is 0 Å². The summed E-state index contributed by atoms with van der Waals surface area (Å²) in [7, 11) is 0. The predicted octanol–water partition coefficient (Wildman–Crippen LogP) is 3.63. The van der Waals surface area contributed by atoms with Crippen LogP contribution in [0.15, 0.2) is 67.3 Å². The molecule has 2 unspecified atom stereocenters. The zero-order valence-corrected chi connectivity index (χ0v) is 18.6. The van der Waals surface area contributed by atoms with Crippen LogP contribution in [0.5, 0.6) is 11.5 Å². The third-order valence-corrected chi connectivity index (χ3v) is 5.55. The number of aliphatic hydroxyl groups is 2. The summed E-state index contributed by atoms with van der Waals surface area (Å²) in [6.45, 7) is 5.14. The van der Waals surface area contributed by atoms with Crippen LogP contribution in [0.3, 0.4) is 0 Å². The lowest BCUT2D eigenvalue weighted by Crippen LogP contribution is -2.23. The maximum Gasteiger partial charge on any atom is 0.119 e. The van der Waals surface area contributed by atoms with E-state index in [9.17, 15) is 10.2 Å². The van der Waals surface area contributed by atoms with Crippen LogP contribution in [-0.4, -0.2) is 51.1 Å². The fourth-order valence-corrected chi connectivity index (χ4v) is 3.31. The lowest BCUT2D eigenvalue weighted by Gasteiger charge is -2.26. The summed E-state index contributed by atoms with van der Waals surface area (Å²) in [5, 5.41) is 19.6. The van der Waals surface area contributed by atoms with Crippen molar-refractivity contribution in [2.24, 2.45) is 0 Å². The summed E-state index contributed by atoms with van der Waals surface area (Å²) in [5.74, 6) is 1.56. The predicted molar refractivity (Wildman–Crippen MR) is 121 cm³/mol. The number of aliphatic hydroxyl groups excluding tert-OH is 2. The Bertz CT molecular complexity index is 912. The highest BCUT2D eigenvalue weighted by atomic mass is 35.5. The number of alkyl halides is 1. The summed E-state index contributed by atoms with van der Waals surface area (Å²) in [4.78, 5) is 3.96. The van der Waals surface area contributed by atoms with Crippen LogP contribution in [0.2, 0.25) is 0 Å². The highest BCUT2D eigenvalue weighted by Crippen LogP contribution is 2.33. The number of aromatic nitrogens is 2. The van der Waals surface area contributed by atoms with E-state index in [-0.39, 0.29) is 24.5 Å². The maximum atomic E-state index is 10.1. The third kappa shape index (κ3) is 6.47. The van der Waals surface area contributed by atoms with E-state index in [2.05, 4.69) is 18.8 Å². The molecule has 1 heterocycles. The molecule has 0 aliphatic rings. The second-order valence-electron chi connectivity index (χ2n) is 8.02. The van der Waals surface area contributed by atoms with Gasteiger partial charge in [-0.1, -0.05) is 38.1 Å². The molecule has 1 aromatic heterocycles. The molecule has 0 amide bonds. The second-order valence-corrected chi connectivity index (χ2v) is 8.33. The zero-order chi connectivity index (χ0) is 22.3. The molecule has 0 aliphatic carbocycles. The van der Waals surface area contributed by atoms with Gasteiger partial charge in [-0.2, -0.15) is 0 Å².